The number of hydrogen-bond donors (Lipinski definition) is 3. The van der Waals surface area contributed by atoms with Crippen LogP contribution in [0.2, 0.25) is 0 Å². The Morgan fingerprint density at radius 1 is 1.07 bits per heavy atom. The molecule has 1 aliphatic rings. The molecule has 6 nitrogen and oxygen atoms in total. The van der Waals surface area contributed by atoms with Gasteiger partial charge in [-0.15, -0.1) is 0 Å². The first-order valence-electron chi connectivity index (χ1n) is 10.4. The molecule has 0 radical (unpaired) electrons. The first kappa shape index (κ1) is 22.0. The zero-order chi connectivity index (χ0) is 21.5. The van der Waals surface area contributed by atoms with Crippen molar-refractivity contribution in [3.05, 3.63) is 47.5 Å². The Kier molecular flexibility index (Phi) is 7.58. The van der Waals surface area contributed by atoms with Crippen LogP contribution in [-0.4, -0.2) is 53.0 Å². The SMILES string of the molecule is N#C/C(=C\c1ccc2cc(N3CCCCC3)ccc2c1)C(=O)CCC(O)C(O)CO. The van der Waals surface area contributed by atoms with Gasteiger partial charge in [0.05, 0.1) is 18.3 Å². The maximum atomic E-state index is 12.3. The van der Waals surface area contributed by atoms with Crippen LogP contribution >= 0.6 is 0 Å². The van der Waals surface area contributed by atoms with Crippen molar-refractivity contribution in [1.29, 1.82) is 5.26 Å². The number of aliphatic hydroxyl groups excluding tert-OH is 3. The molecule has 6 heteroatoms. The van der Waals surface area contributed by atoms with E-state index in [0.29, 0.717) is 0 Å². The lowest BCUT2D eigenvalue weighted by molar-refractivity contribution is -0.116. The van der Waals surface area contributed by atoms with Crippen LogP contribution in [0.3, 0.4) is 0 Å². The van der Waals surface area contributed by atoms with E-state index in [1.54, 1.807) is 6.08 Å². The minimum Gasteiger partial charge on any atom is -0.394 e. The minimum atomic E-state index is -1.29. The number of nitriles is 1. The number of rotatable bonds is 8. The molecule has 1 aliphatic heterocycles. The van der Waals surface area contributed by atoms with Crippen molar-refractivity contribution in [2.45, 2.75) is 44.3 Å². The second-order valence-corrected chi connectivity index (χ2v) is 7.79. The summed E-state index contributed by atoms with van der Waals surface area (Å²) in [5, 5.41) is 39.4. The summed E-state index contributed by atoms with van der Waals surface area (Å²) in [4.78, 5) is 14.7. The number of hydrogen-bond acceptors (Lipinski definition) is 6. The van der Waals surface area contributed by atoms with Gasteiger partial charge in [-0.3, -0.25) is 4.79 Å². The second kappa shape index (κ2) is 10.4. The Morgan fingerprint density at radius 3 is 2.47 bits per heavy atom. The van der Waals surface area contributed by atoms with Crippen molar-refractivity contribution < 1.29 is 20.1 Å². The number of aliphatic hydroxyl groups is 3. The van der Waals surface area contributed by atoms with Crippen LogP contribution in [0.15, 0.2) is 42.0 Å². The molecule has 1 saturated heterocycles. The van der Waals surface area contributed by atoms with Crippen LogP contribution < -0.4 is 4.90 Å². The van der Waals surface area contributed by atoms with Crippen LogP contribution in [0.1, 0.15) is 37.7 Å². The molecule has 2 aromatic rings. The van der Waals surface area contributed by atoms with E-state index >= 15 is 0 Å². The topological polar surface area (TPSA) is 105 Å². The first-order chi connectivity index (χ1) is 14.5. The number of piperidine rings is 1. The highest BCUT2D eigenvalue weighted by molar-refractivity contribution is 6.03. The molecule has 0 aromatic heterocycles. The van der Waals surface area contributed by atoms with Gasteiger partial charge in [0.2, 0.25) is 0 Å². The number of fused-ring (bicyclic) bond motifs is 1. The van der Waals surface area contributed by atoms with Crippen molar-refractivity contribution >= 4 is 28.3 Å². The largest absolute Gasteiger partial charge is 0.394 e. The Hall–Kier alpha value is -2.72. The zero-order valence-corrected chi connectivity index (χ0v) is 17.0. The van der Waals surface area contributed by atoms with E-state index in [9.17, 15) is 20.3 Å². The van der Waals surface area contributed by atoms with E-state index in [-0.39, 0.29) is 18.4 Å². The van der Waals surface area contributed by atoms with Crippen LogP contribution in [0, 0.1) is 11.3 Å². The molecule has 3 N–H and O–H groups in total. The Labute approximate surface area is 176 Å². The highest BCUT2D eigenvalue weighted by Crippen LogP contribution is 2.26. The van der Waals surface area contributed by atoms with Gasteiger partial charge in [-0.25, -0.2) is 0 Å². The van der Waals surface area contributed by atoms with Gasteiger partial charge >= 0.3 is 0 Å². The molecule has 2 unspecified atom stereocenters. The highest BCUT2D eigenvalue weighted by Gasteiger charge is 2.18. The quantitative estimate of drug-likeness (QED) is 0.458. The van der Waals surface area contributed by atoms with E-state index in [4.69, 9.17) is 5.11 Å². The third-order valence-electron chi connectivity index (χ3n) is 5.60. The number of carbonyl (C=O) groups excluding carboxylic acids is 1. The summed E-state index contributed by atoms with van der Waals surface area (Å²) >= 11 is 0. The fraction of sp³-hybridized carbons (Fsp3) is 0.417. The third-order valence-corrected chi connectivity index (χ3v) is 5.60. The number of carbonyl (C=O) groups is 1. The van der Waals surface area contributed by atoms with Gasteiger partial charge in [-0.2, -0.15) is 5.26 Å². The molecule has 0 saturated carbocycles. The first-order valence-corrected chi connectivity index (χ1v) is 10.4. The van der Waals surface area contributed by atoms with Gasteiger partial charge in [-0.1, -0.05) is 18.2 Å². The zero-order valence-electron chi connectivity index (χ0n) is 17.0. The third kappa shape index (κ3) is 5.45. The van der Waals surface area contributed by atoms with Crippen LogP contribution in [0.25, 0.3) is 16.8 Å². The molecule has 0 spiro atoms. The van der Waals surface area contributed by atoms with Crippen LogP contribution in [-0.2, 0) is 4.79 Å². The number of allylic oxidation sites excluding steroid dienone is 1. The Bertz CT molecular complexity index is 957. The highest BCUT2D eigenvalue weighted by atomic mass is 16.4. The van der Waals surface area contributed by atoms with Crippen molar-refractivity contribution in [2.75, 3.05) is 24.6 Å². The van der Waals surface area contributed by atoms with Crippen molar-refractivity contribution in [2.24, 2.45) is 0 Å². The molecular weight excluding hydrogens is 380 g/mol. The number of ketones is 1. The van der Waals surface area contributed by atoms with Gasteiger partial charge in [0, 0.05) is 25.2 Å². The van der Waals surface area contributed by atoms with Crippen LogP contribution in [0.4, 0.5) is 5.69 Å². The maximum Gasteiger partial charge on any atom is 0.173 e. The van der Waals surface area contributed by atoms with Gasteiger partial charge in [0.1, 0.15) is 12.2 Å². The standard InChI is InChI=1S/C24H28N2O4/c25-15-20(22(28)8-9-23(29)24(30)16-27)13-17-4-5-19-14-21(7-6-18(19)12-17)26-10-2-1-3-11-26/h4-7,12-14,23-24,27,29-30H,1-3,8-11,16H2/b20-13+. The van der Waals surface area contributed by atoms with Crippen molar-refractivity contribution in [3.8, 4) is 6.07 Å². The predicted molar refractivity (Wildman–Crippen MR) is 117 cm³/mol. The fourth-order valence-corrected chi connectivity index (χ4v) is 3.76. The van der Waals surface area contributed by atoms with E-state index in [2.05, 4.69) is 23.1 Å². The van der Waals surface area contributed by atoms with E-state index < -0.39 is 24.6 Å². The van der Waals surface area contributed by atoms with E-state index in [0.717, 1.165) is 29.4 Å². The van der Waals surface area contributed by atoms with Gasteiger partial charge in [0.25, 0.3) is 0 Å². The molecule has 0 amide bonds. The average Bonchev–Trinajstić information content (AvgIpc) is 2.80. The summed E-state index contributed by atoms with van der Waals surface area (Å²) in [6, 6.07) is 14.1. The predicted octanol–water partition coefficient (Wildman–Crippen LogP) is 2.80. The normalized spacial score (nSPS) is 16.9. The molecule has 0 aliphatic carbocycles. The number of Topliss-reactive ketones (excluding diaryl/α,β-unsaturated/α-hetero) is 1. The lowest BCUT2D eigenvalue weighted by Crippen LogP contribution is -2.29. The average molecular weight is 408 g/mol. The Morgan fingerprint density at radius 2 is 1.77 bits per heavy atom. The molecule has 0 bridgehead atoms. The number of nitrogens with zero attached hydrogens (tertiary/aromatic N) is 2. The van der Waals surface area contributed by atoms with Gasteiger partial charge in [0.15, 0.2) is 5.78 Å². The van der Waals surface area contributed by atoms with E-state index in [1.165, 1.54) is 24.9 Å². The second-order valence-electron chi connectivity index (χ2n) is 7.79. The summed E-state index contributed by atoms with van der Waals surface area (Å²) < 4.78 is 0. The van der Waals surface area contributed by atoms with Crippen LogP contribution in [0.5, 0.6) is 0 Å². The van der Waals surface area contributed by atoms with Gasteiger partial charge in [-0.05, 0) is 66.3 Å². The molecule has 30 heavy (non-hydrogen) atoms. The molecule has 2 atom stereocenters. The molecule has 1 fully saturated rings. The minimum absolute atomic E-state index is 0.00461. The van der Waals surface area contributed by atoms with Crippen molar-refractivity contribution in [3.63, 3.8) is 0 Å². The van der Waals surface area contributed by atoms with Gasteiger partial charge < -0.3 is 20.2 Å². The molecule has 1 heterocycles. The molecule has 3 rings (SSSR count). The molecule has 2 aromatic carbocycles. The summed E-state index contributed by atoms with van der Waals surface area (Å²) in [6.07, 6.45) is 2.71. The number of anilines is 1. The molecular formula is C24H28N2O4. The number of benzene rings is 2. The summed E-state index contributed by atoms with van der Waals surface area (Å²) in [7, 11) is 0. The maximum absolute atomic E-state index is 12.3. The van der Waals surface area contributed by atoms with E-state index in [1.807, 2.05) is 24.3 Å². The monoisotopic (exact) mass is 408 g/mol. The smallest absolute Gasteiger partial charge is 0.173 e. The summed E-state index contributed by atoms with van der Waals surface area (Å²) in [6.45, 7) is 1.60. The molecule has 158 valence electrons. The Balaban J connectivity index is 1.73. The van der Waals surface area contributed by atoms with Crippen molar-refractivity contribution in [1.82, 2.24) is 0 Å². The summed E-state index contributed by atoms with van der Waals surface area (Å²) in [5.41, 5.74) is 1.99. The fourth-order valence-electron chi connectivity index (χ4n) is 3.76. The summed E-state index contributed by atoms with van der Waals surface area (Å²) in [5.74, 6) is -0.401. The lowest BCUT2D eigenvalue weighted by atomic mass is 9.99. The lowest BCUT2D eigenvalue weighted by Gasteiger charge is -2.29.